The number of hydrogen-bond acceptors (Lipinski definition) is 6. The lowest BCUT2D eigenvalue weighted by molar-refractivity contribution is -0.136. The Bertz CT molecular complexity index is 1300. The van der Waals surface area contributed by atoms with Crippen molar-refractivity contribution < 1.29 is 18.8 Å². The lowest BCUT2D eigenvalue weighted by Crippen LogP contribution is -2.52. The minimum Gasteiger partial charge on any atom is -0.465 e. The summed E-state index contributed by atoms with van der Waals surface area (Å²) in [6.45, 7) is 11.1. The molecule has 8 heteroatoms. The van der Waals surface area contributed by atoms with E-state index in [0.29, 0.717) is 23.9 Å². The van der Waals surface area contributed by atoms with Gasteiger partial charge in [0.1, 0.15) is 11.8 Å². The summed E-state index contributed by atoms with van der Waals surface area (Å²) in [5, 5.41) is 2.37. The van der Waals surface area contributed by atoms with Crippen molar-refractivity contribution in [2.45, 2.75) is 65.1 Å². The van der Waals surface area contributed by atoms with Crippen LogP contribution in [0.5, 0.6) is 0 Å². The first-order valence-corrected chi connectivity index (χ1v) is 14.2. The van der Waals surface area contributed by atoms with E-state index < -0.39 is 6.04 Å². The molecule has 0 saturated carbocycles. The predicted octanol–water partition coefficient (Wildman–Crippen LogP) is 3.82. The molecule has 1 aromatic carbocycles. The fourth-order valence-corrected chi connectivity index (χ4v) is 6.58. The molecule has 1 N–H and O–H groups in total. The number of piperidine rings is 1. The van der Waals surface area contributed by atoms with Crippen molar-refractivity contribution in [2.75, 3.05) is 32.7 Å². The van der Waals surface area contributed by atoms with Crippen LogP contribution in [-0.4, -0.2) is 71.2 Å². The molecule has 3 aliphatic heterocycles. The van der Waals surface area contributed by atoms with Crippen LogP contribution in [0.1, 0.15) is 73.2 Å². The topological polar surface area (TPSA) is 86.1 Å². The van der Waals surface area contributed by atoms with E-state index in [1.807, 2.05) is 18.2 Å². The maximum atomic E-state index is 13.0. The number of fused-ring (bicyclic) bond motifs is 1. The standard InChI is InChI=1S/C31H38N4O4/c1-31(2)10-9-22(25(17-31)27-4-3-15-39-27)19-34-13-11-33(12-14-34)18-21-5-6-24-23(16-21)20-35(30(24)38)26-7-8-28(36)32-29(26)37/h3-6,15-16,26H,7-14,17-20H2,1-2H3,(H,32,36,37). The van der Waals surface area contributed by atoms with Crippen LogP contribution < -0.4 is 5.32 Å². The zero-order chi connectivity index (χ0) is 27.1. The van der Waals surface area contributed by atoms with Gasteiger partial charge in [0, 0.05) is 57.8 Å². The molecular formula is C31H38N4O4. The van der Waals surface area contributed by atoms with Gasteiger partial charge in [0.05, 0.1) is 6.26 Å². The Hall–Kier alpha value is -3.23. The summed E-state index contributed by atoms with van der Waals surface area (Å²) < 4.78 is 5.82. The van der Waals surface area contributed by atoms with E-state index in [9.17, 15) is 14.4 Å². The summed E-state index contributed by atoms with van der Waals surface area (Å²) in [4.78, 5) is 43.5. The highest BCUT2D eigenvalue weighted by molar-refractivity contribution is 6.05. The van der Waals surface area contributed by atoms with E-state index in [2.05, 4.69) is 41.1 Å². The fraction of sp³-hybridized carbons (Fsp3) is 0.516. The molecule has 39 heavy (non-hydrogen) atoms. The zero-order valence-electron chi connectivity index (χ0n) is 23.0. The molecular weight excluding hydrogens is 492 g/mol. The Morgan fingerprint density at radius 3 is 2.49 bits per heavy atom. The van der Waals surface area contributed by atoms with Crippen molar-refractivity contribution >= 4 is 23.3 Å². The first-order valence-electron chi connectivity index (χ1n) is 14.2. The van der Waals surface area contributed by atoms with Crippen LogP contribution in [0.3, 0.4) is 0 Å². The summed E-state index contributed by atoms with van der Waals surface area (Å²) in [5.41, 5.74) is 6.07. The van der Waals surface area contributed by atoms with Crippen LogP contribution in [0.2, 0.25) is 0 Å². The second-order valence-electron chi connectivity index (χ2n) is 12.3. The van der Waals surface area contributed by atoms with Gasteiger partial charge in [-0.2, -0.15) is 0 Å². The summed E-state index contributed by atoms with van der Waals surface area (Å²) in [5.74, 6) is 0.284. The fourth-order valence-electron chi connectivity index (χ4n) is 6.58. The molecule has 8 nitrogen and oxygen atoms in total. The van der Waals surface area contributed by atoms with E-state index in [1.54, 1.807) is 11.2 Å². The molecule has 3 amide bonds. The third-order valence-corrected chi connectivity index (χ3v) is 8.88. The van der Waals surface area contributed by atoms with Gasteiger partial charge in [-0.1, -0.05) is 26.0 Å². The molecule has 4 aliphatic rings. The van der Waals surface area contributed by atoms with E-state index >= 15 is 0 Å². The smallest absolute Gasteiger partial charge is 0.255 e. The normalized spacial score (nSPS) is 24.3. The number of furan rings is 1. The molecule has 0 bridgehead atoms. The maximum absolute atomic E-state index is 13.0. The minimum absolute atomic E-state index is 0.117. The van der Waals surface area contributed by atoms with Gasteiger partial charge in [0.15, 0.2) is 0 Å². The Morgan fingerprint density at radius 1 is 1.00 bits per heavy atom. The number of hydrogen-bond donors (Lipinski definition) is 1. The number of nitrogens with one attached hydrogen (secondary N) is 1. The molecule has 2 fully saturated rings. The first kappa shape index (κ1) is 26.0. The molecule has 1 aromatic heterocycles. The number of benzene rings is 1. The number of carbonyl (C=O) groups excluding carboxylic acids is 3. The van der Waals surface area contributed by atoms with Gasteiger partial charge in [-0.3, -0.25) is 29.5 Å². The van der Waals surface area contributed by atoms with Crippen LogP contribution in [0.15, 0.2) is 46.6 Å². The van der Waals surface area contributed by atoms with E-state index in [1.165, 1.54) is 23.1 Å². The number of piperazine rings is 1. The average molecular weight is 531 g/mol. The number of nitrogens with zero attached hydrogens (tertiary/aromatic N) is 3. The van der Waals surface area contributed by atoms with E-state index in [4.69, 9.17) is 4.42 Å². The van der Waals surface area contributed by atoms with Gasteiger partial charge in [0.2, 0.25) is 11.8 Å². The van der Waals surface area contributed by atoms with Gasteiger partial charge in [-0.05, 0) is 71.6 Å². The second kappa shape index (κ2) is 10.4. The summed E-state index contributed by atoms with van der Waals surface area (Å²) >= 11 is 0. The Balaban J connectivity index is 1.06. The summed E-state index contributed by atoms with van der Waals surface area (Å²) in [6.07, 6.45) is 5.85. The van der Waals surface area contributed by atoms with Gasteiger partial charge in [0.25, 0.3) is 5.91 Å². The predicted molar refractivity (Wildman–Crippen MR) is 147 cm³/mol. The first-order chi connectivity index (χ1) is 18.8. The molecule has 0 radical (unpaired) electrons. The second-order valence-corrected chi connectivity index (χ2v) is 12.3. The van der Waals surface area contributed by atoms with Gasteiger partial charge in [-0.15, -0.1) is 0 Å². The molecule has 1 atom stereocenters. The van der Waals surface area contributed by atoms with Crippen LogP contribution in [0.4, 0.5) is 0 Å². The Morgan fingerprint density at radius 2 is 1.77 bits per heavy atom. The lowest BCUT2D eigenvalue weighted by Gasteiger charge is -2.38. The quantitative estimate of drug-likeness (QED) is 0.572. The Labute approximate surface area is 230 Å². The maximum Gasteiger partial charge on any atom is 0.255 e. The molecule has 206 valence electrons. The number of imide groups is 1. The largest absolute Gasteiger partial charge is 0.465 e. The third kappa shape index (κ3) is 5.45. The van der Waals surface area contributed by atoms with E-state index in [0.717, 1.165) is 63.4 Å². The zero-order valence-corrected chi connectivity index (χ0v) is 23.0. The molecule has 6 rings (SSSR count). The molecule has 2 saturated heterocycles. The lowest BCUT2D eigenvalue weighted by atomic mass is 9.73. The highest BCUT2D eigenvalue weighted by Gasteiger charge is 2.39. The molecule has 2 aromatic rings. The summed E-state index contributed by atoms with van der Waals surface area (Å²) in [6, 6.07) is 9.59. The van der Waals surface area contributed by atoms with Crippen molar-refractivity contribution in [3.63, 3.8) is 0 Å². The number of allylic oxidation sites excluding steroid dienone is 1. The highest BCUT2D eigenvalue weighted by atomic mass is 16.3. The number of amides is 3. The molecule has 1 unspecified atom stereocenters. The average Bonchev–Trinajstić information content (AvgIpc) is 3.55. The number of rotatable bonds is 6. The van der Waals surface area contributed by atoms with Crippen LogP contribution in [0.25, 0.3) is 5.57 Å². The van der Waals surface area contributed by atoms with Crippen molar-refractivity contribution in [3.05, 3.63) is 64.6 Å². The van der Waals surface area contributed by atoms with E-state index in [-0.39, 0.29) is 24.1 Å². The number of carbonyl (C=O) groups is 3. The van der Waals surface area contributed by atoms with Gasteiger partial charge in [-0.25, -0.2) is 0 Å². The molecule has 4 heterocycles. The molecule has 0 spiro atoms. The van der Waals surface area contributed by atoms with Crippen molar-refractivity contribution in [1.29, 1.82) is 0 Å². The van der Waals surface area contributed by atoms with Crippen molar-refractivity contribution in [3.8, 4) is 0 Å². The molecule has 1 aliphatic carbocycles. The van der Waals surface area contributed by atoms with Crippen molar-refractivity contribution in [1.82, 2.24) is 20.0 Å². The van der Waals surface area contributed by atoms with Crippen LogP contribution in [0, 0.1) is 5.41 Å². The highest BCUT2D eigenvalue weighted by Crippen LogP contribution is 2.43. The Kier molecular flexibility index (Phi) is 6.93. The van der Waals surface area contributed by atoms with Gasteiger partial charge >= 0.3 is 0 Å². The van der Waals surface area contributed by atoms with Crippen LogP contribution >= 0.6 is 0 Å². The SMILES string of the molecule is CC1(C)CCC(CN2CCN(Cc3ccc4c(c3)CN(C3CCC(=O)NC3=O)C4=O)CC2)=C(c2ccco2)C1. The monoisotopic (exact) mass is 530 g/mol. The van der Waals surface area contributed by atoms with Crippen LogP contribution in [-0.2, 0) is 22.7 Å². The minimum atomic E-state index is -0.572. The van der Waals surface area contributed by atoms with Crippen molar-refractivity contribution in [2.24, 2.45) is 5.41 Å². The summed E-state index contributed by atoms with van der Waals surface area (Å²) in [7, 11) is 0. The van der Waals surface area contributed by atoms with Gasteiger partial charge < -0.3 is 9.32 Å². The third-order valence-electron chi connectivity index (χ3n) is 8.88.